The third kappa shape index (κ3) is 4.87. The van der Waals surface area contributed by atoms with Crippen molar-refractivity contribution in [3.63, 3.8) is 0 Å². The molecule has 32 heavy (non-hydrogen) atoms. The van der Waals surface area contributed by atoms with E-state index in [0.29, 0.717) is 18.5 Å². The van der Waals surface area contributed by atoms with Gasteiger partial charge in [0.2, 0.25) is 10.0 Å². The van der Waals surface area contributed by atoms with Crippen molar-refractivity contribution >= 4 is 30.8 Å². The number of hydrogen-bond acceptors (Lipinski definition) is 5. The van der Waals surface area contributed by atoms with Crippen LogP contribution in [0.25, 0.3) is 10.9 Å². The summed E-state index contributed by atoms with van der Waals surface area (Å²) in [4.78, 5) is 4.85. The highest BCUT2D eigenvalue weighted by atomic mass is 32.2. The van der Waals surface area contributed by atoms with Crippen LogP contribution >= 0.6 is 0 Å². The predicted molar refractivity (Wildman–Crippen MR) is 127 cm³/mol. The Bertz CT molecular complexity index is 1320. The third-order valence-electron chi connectivity index (χ3n) is 6.22. The van der Waals surface area contributed by atoms with Gasteiger partial charge in [0.25, 0.3) is 0 Å². The van der Waals surface area contributed by atoms with Crippen LogP contribution in [0.4, 0.5) is 0 Å². The molecule has 1 heterocycles. The number of benzene rings is 2. The minimum absolute atomic E-state index is 0.187. The zero-order valence-electron chi connectivity index (χ0n) is 18.2. The van der Waals surface area contributed by atoms with Crippen LogP contribution < -0.4 is 4.72 Å². The lowest BCUT2D eigenvalue weighted by Crippen LogP contribution is -2.45. The van der Waals surface area contributed by atoms with E-state index in [1.54, 1.807) is 30.3 Å². The SMILES string of the molecule is Cc1ccc(S(=O)(=O)N[C@@H]2CCCC[C@H]2[C@@H](c2ccc3ccccc3n2)S(C)(=O)=O)cc1. The number of hydrogen-bond donors (Lipinski definition) is 1. The van der Waals surface area contributed by atoms with Gasteiger partial charge >= 0.3 is 0 Å². The van der Waals surface area contributed by atoms with Crippen LogP contribution in [0.1, 0.15) is 42.2 Å². The van der Waals surface area contributed by atoms with Gasteiger partial charge in [-0.2, -0.15) is 0 Å². The molecule has 4 rings (SSSR count). The zero-order valence-corrected chi connectivity index (χ0v) is 19.9. The van der Waals surface area contributed by atoms with Crippen molar-refractivity contribution in [1.29, 1.82) is 0 Å². The first-order valence-corrected chi connectivity index (χ1v) is 14.2. The van der Waals surface area contributed by atoms with Crippen molar-refractivity contribution in [1.82, 2.24) is 9.71 Å². The Kier molecular flexibility index (Phi) is 6.38. The molecular formula is C24H28N2O4S2. The number of sulfone groups is 1. The Hall–Kier alpha value is -2.29. The van der Waals surface area contributed by atoms with E-state index in [2.05, 4.69) is 9.71 Å². The van der Waals surface area contributed by atoms with Crippen LogP contribution in [0, 0.1) is 12.8 Å². The molecule has 0 bridgehead atoms. The Morgan fingerprint density at radius 1 is 0.906 bits per heavy atom. The number of pyridine rings is 1. The second-order valence-electron chi connectivity index (χ2n) is 8.67. The number of sulfonamides is 1. The van der Waals surface area contributed by atoms with E-state index in [-0.39, 0.29) is 4.90 Å². The first kappa shape index (κ1) is 22.9. The van der Waals surface area contributed by atoms with E-state index in [0.717, 1.165) is 29.3 Å². The van der Waals surface area contributed by atoms with Gasteiger partial charge in [-0.3, -0.25) is 4.98 Å². The number of para-hydroxylation sites is 1. The quantitative estimate of drug-likeness (QED) is 0.581. The molecular weight excluding hydrogens is 444 g/mol. The van der Waals surface area contributed by atoms with Crippen LogP contribution in [0.15, 0.2) is 65.6 Å². The van der Waals surface area contributed by atoms with Gasteiger partial charge in [0, 0.05) is 17.7 Å². The maximum Gasteiger partial charge on any atom is 0.240 e. The first-order chi connectivity index (χ1) is 15.1. The van der Waals surface area contributed by atoms with E-state index in [1.165, 1.54) is 6.26 Å². The smallest absolute Gasteiger partial charge is 0.240 e. The fourth-order valence-electron chi connectivity index (χ4n) is 4.65. The summed E-state index contributed by atoms with van der Waals surface area (Å²) in [5, 5.41) is 0.0573. The molecule has 0 amide bonds. The minimum Gasteiger partial charge on any atom is -0.251 e. The van der Waals surface area contributed by atoms with Crippen LogP contribution in [0.2, 0.25) is 0 Å². The van der Waals surface area contributed by atoms with Gasteiger partial charge in [-0.05, 0) is 49.9 Å². The van der Waals surface area contributed by atoms with Crippen molar-refractivity contribution in [3.8, 4) is 0 Å². The maximum absolute atomic E-state index is 13.1. The number of rotatable bonds is 6. The number of fused-ring (bicyclic) bond motifs is 1. The van der Waals surface area contributed by atoms with Crippen molar-refractivity contribution < 1.29 is 16.8 Å². The van der Waals surface area contributed by atoms with Crippen LogP contribution in [-0.2, 0) is 19.9 Å². The number of aromatic nitrogens is 1. The first-order valence-electron chi connectivity index (χ1n) is 10.8. The van der Waals surface area contributed by atoms with E-state index in [9.17, 15) is 16.8 Å². The summed E-state index contributed by atoms with van der Waals surface area (Å²) in [6.45, 7) is 1.90. The Labute approximate surface area is 190 Å². The largest absolute Gasteiger partial charge is 0.251 e. The lowest BCUT2D eigenvalue weighted by atomic mass is 9.81. The highest BCUT2D eigenvalue weighted by Crippen LogP contribution is 2.40. The molecule has 1 aliphatic rings. The Morgan fingerprint density at radius 3 is 2.31 bits per heavy atom. The molecule has 6 nitrogen and oxygen atoms in total. The second kappa shape index (κ2) is 8.92. The molecule has 0 spiro atoms. The van der Waals surface area contributed by atoms with E-state index < -0.39 is 37.1 Å². The highest BCUT2D eigenvalue weighted by Gasteiger charge is 2.41. The van der Waals surface area contributed by atoms with Gasteiger partial charge in [0.05, 0.1) is 16.1 Å². The van der Waals surface area contributed by atoms with Gasteiger partial charge in [0.15, 0.2) is 9.84 Å². The van der Waals surface area contributed by atoms with E-state index >= 15 is 0 Å². The molecule has 3 atom stereocenters. The average molecular weight is 473 g/mol. The molecule has 0 saturated heterocycles. The normalized spacial score (nSPS) is 20.8. The summed E-state index contributed by atoms with van der Waals surface area (Å²) in [6.07, 6.45) is 4.13. The van der Waals surface area contributed by atoms with Crippen molar-refractivity contribution in [3.05, 3.63) is 71.9 Å². The summed E-state index contributed by atoms with van der Waals surface area (Å²) >= 11 is 0. The molecule has 3 aromatic rings. The van der Waals surface area contributed by atoms with Gasteiger partial charge in [-0.1, -0.05) is 54.8 Å². The molecule has 2 aromatic carbocycles. The molecule has 0 radical (unpaired) electrons. The highest BCUT2D eigenvalue weighted by molar-refractivity contribution is 7.91. The van der Waals surface area contributed by atoms with Crippen molar-refractivity contribution in [2.24, 2.45) is 5.92 Å². The van der Waals surface area contributed by atoms with Crippen LogP contribution in [0.5, 0.6) is 0 Å². The Morgan fingerprint density at radius 2 is 1.59 bits per heavy atom. The minimum atomic E-state index is -3.77. The van der Waals surface area contributed by atoms with E-state index in [4.69, 9.17) is 0 Å². The van der Waals surface area contributed by atoms with Crippen molar-refractivity contribution in [2.45, 2.75) is 48.8 Å². The molecule has 0 aliphatic heterocycles. The summed E-state index contributed by atoms with van der Waals surface area (Å²) in [6, 6.07) is 17.4. The summed E-state index contributed by atoms with van der Waals surface area (Å²) in [5.74, 6) is -0.396. The lowest BCUT2D eigenvalue weighted by molar-refractivity contribution is 0.276. The maximum atomic E-state index is 13.1. The van der Waals surface area contributed by atoms with E-state index in [1.807, 2.05) is 37.3 Å². The monoisotopic (exact) mass is 472 g/mol. The molecule has 1 aliphatic carbocycles. The molecule has 1 N–H and O–H groups in total. The fourth-order valence-corrected chi connectivity index (χ4v) is 7.50. The molecule has 8 heteroatoms. The number of nitrogens with zero attached hydrogens (tertiary/aromatic N) is 1. The topological polar surface area (TPSA) is 93.2 Å². The summed E-state index contributed by atoms with van der Waals surface area (Å²) in [7, 11) is -7.31. The zero-order chi connectivity index (χ0) is 22.9. The standard InChI is InChI=1S/C24H28N2O4S2/c1-17-11-14-19(15-12-17)32(29,30)26-22-10-6-4-8-20(22)24(31(2,27)28)23-16-13-18-7-3-5-9-21(18)25-23/h3,5,7,9,11-16,20,22,24,26H,4,6,8,10H2,1-2H3/t20-,22-,24+/m1/s1. The molecule has 1 fully saturated rings. The summed E-state index contributed by atoms with van der Waals surface area (Å²) in [5.41, 5.74) is 2.17. The molecule has 170 valence electrons. The molecule has 0 unspecified atom stereocenters. The summed E-state index contributed by atoms with van der Waals surface area (Å²) < 4.78 is 54.9. The van der Waals surface area contributed by atoms with Gasteiger partial charge in [-0.25, -0.2) is 21.6 Å². The van der Waals surface area contributed by atoms with Gasteiger partial charge < -0.3 is 0 Å². The van der Waals surface area contributed by atoms with Crippen LogP contribution in [-0.4, -0.2) is 34.1 Å². The third-order valence-corrected chi connectivity index (χ3v) is 9.24. The molecule has 1 aromatic heterocycles. The number of nitrogens with one attached hydrogen (secondary N) is 1. The number of aryl methyl sites for hydroxylation is 1. The average Bonchev–Trinajstić information content (AvgIpc) is 2.74. The van der Waals surface area contributed by atoms with Gasteiger partial charge in [0.1, 0.15) is 5.25 Å². The van der Waals surface area contributed by atoms with Crippen molar-refractivity contribution in [2.75, 3.05) is 6.26 Å². The molecule has 1 saturated carbocycles. The Balaban J connectivity index is 1.71. The van der Waals surface area contributed by atoms with Crippen LogP contribution in [0.3, 0.4) is 0 Å². The fraction of sp³-hybridized carbons (Fsp3) is 0.375. The van der Waals surface area contributed by atoms with Gasteiger partial charge in [-0.15, -0.1) is 0 Å². The second-order valence-corrected chi connectivity index (χ2v) is 12.5. The predicted octanol–water partition coefficient (Wildman–Crippen LogP) is 4.17. The lowest BCUT2D eigenvalue weighted by Gasteiger charge is -2.36.